The first-order chi connectivity index (χ1) is 10.3. The first kappa shape index (κ1) is 16.6. The van der Waals surface area contributed by atoms with E-state index in [0.717, 1.165) is 32.5 Å². The second-order valence-electron chi connectivity index (χ2n) is 6.17. The highest BCUT2D eigenvalue weighted by molar-refractivity contribution is 5.67. The van der Waals surface area contributed by atoms with Crippen LogP contribution >= 0.6 is 0 Å². The Balaban J connectivity index is 1.51. The van der Waals surface area contributed by atoms with Gasteiger partial charge in [0.1, 0.15) is 0 Å². The Morgan fingerprint density at radius 3 is 2.52 bits per heavy atom. The molecular formula is C16H31N3O2. The van der Waals surface area contributed by atoms with Crippen molar-refractivity contribution in [1.29, 1.82) is 0 Å². The van der Waals surface area contributed by atoms with E-state index in [-0.39, 0.29) is 6.09 Å². The van der Waals surface area contributed by atoms with Crippen LogP contribution in [0.1, 0.15) is 45.4 Å². The Morgan fingerprint density at radius 1 is 1.14 bits per heavy atom. The van der Waals surface area contributed by atoms with Crippen molar-refractivity contribution in [2.75, 3.05) is 45.9 Å². The van der Waals surface area contributed by atoms with Crippen LogP contribution in [-0.4, -0.2) is 67.8 Å². The van der Waals surface area contributed by atoms with Gasteiger partial charge in [-0.2, -0.15) is 0 Å². The standard InChI is InChI=1S/C16H31N3O2/c1-2-21-16(20)19-13-7-15(8-14-19)17-9-6-12-18-10-4-3-5-11-18/h15,17H,2-14H2,1H3. The molecule has 2 heterocycles. The van der Waals surface area contributed by atoms with Gasteiger partial charge in [-0.05, 0) is 65.2 Å². The number of ether oxygens (including phenoxy) is 1. The molecule has 0 aromatic heterocycles. The summed E-state index contributed by atoms with van der Waals surface area (Å²) in [6.07, 6.45) is 7.33. The molecule has 5 nitrogen and oxygen atoms in total. The average molecular weight is 297 g/mol. The number of amides is 1. The zero-order valence-corrected chi connectivity index (χ0v) is 13.5. The lowest BCUT2D eigenvalue weighted by Crippen LogP contribution is -2.45. The molecular weight excluding hydrogens is 266 g/mol. The molecule has 1 amide bonds. The summed E-state index contributed by atoms with van der Waals surface area (Å²) in [5.74, 6) is 0. The maximum absolute atomic E-state index is 11.6. The van der Waals surface area contributed by atoms with Crippen LogP contribution in [0.3, 0.4) is 0 Å². The summed E-state index contributed by atoms with van der Waals surface area (Å²) < 4.78 is 5.04. The largest absolute Gasteiger partial charge is 0.450 e. The molecule has 0 aromatic carbocycles. The van der Waals surface area contributed by atoms with E-state index in [1.807, 2.05) is 11.8 Å². The fourth-order valence-electron chi connectivity index (χ4n) is 3.27. The van der Waals surface area contributed by atoms with Crippen molar-refractivity contribution < 1.29 is 9.53 Å². The van der Waals surface area contributed by atoms with Crippen LogP contribution in [0.25, 0.3) is 0 Å². The molecule has 1 N–H and O–H groups in total. The van der Waals surface area contributed by atoms with E-state index in [2.05, 4.69) is 10.2 Å². The lowest BCUT2D eigenvalue weighted by atomic mass is 10.1. The van der Waals surface area contributed by atoms with Crippen molar-refractivity contribution in [2.24, 2.45) is 0 Å². The Bertz CT molecular complexity index is 298. The number of hydrogen-bond acceptors (Lipinski definition) is 4. The van der Waals surface area contributed by atoms with Crippen LogP contribution in [0.5, 0.6) is 0 Å². The van der Waals surface area contributed by atoms with Gasteiger partial charge in [-0.25, -0.2) is 4.79 Å². The predicted octanol–water partition coefficient (Wildman–Crippen LogP) is 2.07. The van der Waals surface area contributed by atoms with Gasteiger partial charge in [0.25, 0.3) is 0 Å². The van der Waals surface area contributed by atoms with E-state index in [4.69, 9.17) is 4.74 Å². The van der Waals surface area contributed by atoms with E-state index < -0.39 is 0 Å². The Kier molecular flexibility index (Phi) is 7.30. The molecule has 5 heteroatoms. The lowest BCUT2D eigenvalue weighted by Gasteiger charge is -2.32. The molecule has 21 heavy (non-hydrogen) atoms. The molecule has 0 aliphatic carbocycles. The minimum absolute atomic E-state index is 0.152. The van der Waals surface area contributed by atoms with Gasteiger partial charge in [0.15, 0.2) is 0 Å². The van der Waals surface area contributed by atoms with Gasteiger partial charge in [-0.15, -0.1) is 0 Å². The average Bonchev–Trinajstić information content (AvgIpc) is 2.53. The van der Waals surface area contributed by atoms with E-state index >= 15 is 0 Å². The molecule has 0 atom stereocenters. The Hall–Kier alpha value is -0.810. The minimum atomic E-state index is -0.152. The van der Waals surface area contributed by atoms with Crippen molar-refractivity contribution in [3.8, 4) is 0 Å². The van der Waals surface area contributed by atoms with Gasteiger partial charge in [0.2, 0.25) is 0 Å². The first-order valence-corrected chi connectivity index (χ1v) is 8.67. The molecule has 122 valence electrons. The maximum atomic E-state index is 11.6. The summed E-state index contributed by atoms with van der Waals surface area (Å²) in [7, 11) is 0. The smallest absolute Gasteiger partial charge is 0.409 e. The normalized spacial score (nSPS) is 21.5. The molecule has 0 radical (unpaired) electrons. The second-order valence-corrected chi connectivity index (χ2v) is 6.17. The molecule has 0 saturated carbocycles. The van der Waals surface area contributed by atoms with Crippen LogP contribution < -0.4 is 5.32 Å². The number of piperidine rings is 2. The maximum Gasteiger partial charge on any atom is 0.409 e. The number of hydrogen-bond donors (Lipinski definition) is 1. The summed E-state index contributed by atoms with van der Waals surface area (Å²) in [6.45, 7) is 8.87. The highest BCUT2D eigenvalue weighted by Gasteiger charge is 2.22. The summed E-state index contributed by atoms with van der Waals surface area (Å²) >= 11 is 0. The SMILES string of the molecule is CCOC(=O)N1CCC(NCCCN2CCCCC2)CC1. The molecule has 2 aliphatic heterocycles. The fourth-order valence-corrected chi connectivity index (χ4v) is 3.27. The van der Waals surface area contributed by atoms with Crippen molar-refractivity contribution in [1.82, 2.24) is 15.1 Å². The molecule has 2 fully saturated rings. The van der Waals surface area contributed by atoms with Gasteiger partial charge in [-0.3, -0.25) is 0 Å². The van der Waals surface area contributed by atoms with Gasteiger partial charge in [-0.1, -0.05) is 6.42 Å². The third kappa shape index (κ3) is 5.83. The topological polar surface area (TPSA) is 44.8 Å². The number of nitrogens with zero attached hydrogens (tertiary/aromatic N) is 2. The Morgan fingerprint density at radius 2 is 1.86 bits per heavy atom. The van der Waals surface area contributed by atoms with E-state index in [1.54, 1.807) is 0 Å². The fraction of sp³-hybridized carbons (Fsp3) is 0.938. The van der Waals surface area contributed by atoms with Crippen molar-refractivity contribution in [3.63, 3.8) is 0 Å². The summed E-state index contributed by atoms with van der Waals surface area (Å²) in [5, 5.41) is 3.65. The monoisotopic (exact) mass is 297 g/mol. The zero-order valence-electron chi connectivity index (χ0n) is 13.5. The number of rotatable bonds is 6. The molecule has 0 spiro atoms. The van der Waals surface area contributed by atoms with Gasteiger partial charge >= 0.3 is 6.09 Å². The minimum Gasteiger partial charge on any atom is -0.450 e. The summed E-state index contributed by atoms with van der Waals surface area (Å²) in [6, 6.07) is 0.567. The van der Waals surface area contributed by atoms with Gasteiger partial charge in [0, 0.05) is 19.1 Å². The molecule has 0 aromatic rings. The summed E-state index contributed by atoms with van der Waals surface area (Å²) in [5.41, 5.74) is 0. The molecule has 2 rings (SSSR count). The van der Waals surface area contributed by atoms with E-state index in [0.29, 0.717) is 12.6 Å². The van der Waals surface area contributed by atoms with Crippen LogP contribution in [-0.2, 0) is 4.74 Å². The second kappa shape index (κ2) is 9.26. The van der Waals surface area contributed by atoms with Gasteiger partial charge < -0.3 is 19.9 Å². The number of carbonyl (C=O) groups is 1. The highest BCUT2D eigenvalue weighted by atomic mass is 16.6. The van der Waals surface area contributed by atoms with Gasteiger partial charge in [0.05, 0.1) is 6.61 Å². The molecule has 0 bridgehead atoms. The van der Waals surface area contributed by atoms with Crippen LogP contribution in [0.15, 0.2) is 0 Å². The number of nitrogens with one attached hydrogen (secondary N) is 1. The summed E-state index contributed by atoms with van der Waals surface area (Å²) in [4.78, 5) is 16.0. The Labute approximate surface area is 129 Å². The molecule has 0 unspecified atom stereocenters. The highest BCUT2D eigenvalue weighted by Crippen LogP contribution is 2.12. The van der Waals surface area contributed by atoms with Crippen molar-refractivity contribution in [3.05, 3.63) is 0 Å². The lowest BCUT2D eigenvalue weighted by molar-refractivity contribution is 0.0950. The third-order valence-electron chi connectivity index (χ3n) is 4.55. The predicted molar refractivity (Wildman–Crippen MR) is 84.5 cm³/mol. The molecule has 2 saturated heterocycles. The van der Waals surface area contributed by atoms with Crippen LogP contribution in [0.4, 0.5) is 4.79 Å². The van der Waals surface area contributed by atoms with Crippen LogP contribution in [0, 0.1) is 0 Å². The van der Waals surface area contributed by atoms with Crippen LogP contribution in [0.2, 0.25) is 0 Å². The van der Waals surface area contributed by atoms with E-state index in [1.165, 1.54) is 45.3 Å². The van der Waals surface area contributed by atoms with E-state index in [9.17, 15) is 4.79 Å². The molecule has 2 aliphatic rings. The van der Waals surface area contributed by atoms with Crippen molar-refractivity contribution >= 4 is 6.09 Å². The number of carbonyl (C=O) groups excluding carboxylic acids is 1. The van der Waals surface area contributed by atoms with Crippen molar-refractivity contribution in [2.45, 2.75) is 51.5 Å². The zero-order chi connectivity index (χ0) is 14.9. The first-order valence-electron chi connectivity index (χ1n) is 8.67. The quantitative estimate of drug-likeness (QED) is 0.762. The third-order valence-corrected chi connectivity index (χ3v) is 4.55. The number of likely N-dealkylation sites (tertiary alicyclic amines) is 2.